The van der Waals surface area contributed by atoms with Gasteiger partial charge in [-0.25, -0.2) is 4.79 Å². The van der Waals surface area contributed by atoms with E-state index in [9.17, 15) is 9.59 Å². The lowest BCUT2D eigenvalue weighted by atomic mass is 9.71. The lowest BCUT2D eigenvalue weighted by Gasteiger charge is -2.48. The van der Waals surface area contributed by atoms with Crippen molar-refractivity contribution in [2.75, 3.05) is 7.11 Å². The van der Waals surface area contributed by atoms with E-state index in [1.54, 1.807) is 16.2 Å². The number of esters is 1. The number of aryl methyl sites for hydroxylation is 1. The summed E-state index contributed by atoms with van der Waals surface area (Å²) in [5.41, 5.74) is 4.85. The molecule has 1 atom stereocenters. The van der Waals surface area contributed by atoms with Crippen molar-refractivity contribution >= 4 is 39.7 Å². The van der Waals surface area contributed by atoms with Crippen LogP contribution in [0.4, 0.5) is 0 Å². The third kappa shape index (κ3) is 2.17. The first-order valence-corrected chi connectivity index (χ1v) is 10.8. The van der Waals surface area contributed by atoms with Gasteiger partial charge in [0, 0.05) is 44.8 Å². The number of aromatic amines is 1. The summed E-state index contributed by atoms with van der Waals surface area (Å²) in [6.45, 7) is 2.43. The Morgan fingerprint density at radius 2 is 2.07 bits per heavy atom. The third-order valence-electron chi connectivity index (χ3n) is 6.58. The molecule has 6 heteroatoms. The Bertz CT molecular complexity index is 1330. The summed E-state index contributed by atoms with van der Waals surface area (Å²) in [5.74, 6) is -0.451. The van der Waals surface area contributed by atoms with Crippen molar-refractivity contribution < 1.29 is 14.3 Å². The van der Waals surface area contributed by atoms with Crippen molar-refractivity contribution in [3.63, 3.8) is 0 Å². The van der Waals surface area contributed by atoms with Crippen LogP contribution in [0.1, 0.15) is 27.4 Å². The van der Waals surface area contributed by atoms with E-state index in [2.05, 4.69) is 30.1 Å². The average Bonchev–Trinajstić information content (AvgIpc) is 3.31. The van der Waals surface area contributed by atoms with Gasteiger partial charge in [-0.3, -0.25) is 4.79 Å². The highest BCUT2D eigenvalue weighted by Gasteiger charge is 2.55. The summed E-state index contributed by atoms with van der Waals surface area (Å²) in [5, 5.41) is 1.10. The third-order valence-corrected chi connectivity index (χ3v) is 7.65. The number of para-hydroxylation sites is 1. The Hall–Kier alpha value is -3.12. The Kier molecular flexibility index (Phi) is 3.51. The summed E-state index contributed by atoms with van der Waals surface area (Å²) < 4.78 is 5.22. The molecule has 0 saturated heterocycles. The Morgan fingerprint density at radius 1 is 1.23 bits per heavy atom. The number of carbonyl (C=O) groups is 2. The van der Waals surface area contributed by atoms with Crippen molar-refractivity contribution in [3.05, 3.63) is 74.6 Å². The van der Waals surface area contributed by atoms with E-state index < -0.39 is 5.54 Å². The second-order valence-electron chi connectivity index (χ2n) is 8.22. The second-order valence-corrected chi connectivity index (χ2v) is 9.51. The summed E-state index contributed by atoms with van der Waals surface area (Å²) in [7, 11) is 1.40. The fraction of sp³-hybridized carbons (Fsp3) is 0.250. The van der Waals surface area contributed by atoms with Crippen LogP contribution in [0.5, 0.6) is 0 Å². The molecule has 0 spiro atoms. The van der Waals surface area contributed by atoms with Crippen LogP contribution in [-0.2, 0) is 27.3 Å². The van der Waals surface area contributed by atoms with Crippen LogP contribution in [0, 0.1) is 6.92 Å². The van der Waals surface area contributed by atoms with Crippen LogP contribution in [0.15, 0.2) is 53.6 Å². The van der Waals surface area contributed by atoms with Crippen molar-refractivity contribution in [2.45, 2.75) is 31.8 Å². The predicted octanol–water partition coefficient (Wildman–Crippen LogP) is 4.13. The van der Waals surface area contributed by atoms with E-state index in [0.29, 0.717) is 19.4 Å². The molecule has 3 aromatic rings. The standard InChI is InChI=1S/C24H20N2O3S/c1-13-7-8-20(30-13)16-9-14-10-24(23(28)29-2)11-17-15-5-3-4-6-18(15)25-19(17)12-26(24)22(27)21(14)16/h3-8,10,25H,9,11-12H2,1-2H3. The Labute approximate surface area is 177 Å². The number of amides is 1. The fourth-order valence-corrected chi connectivity index (χ4v) is 6.05. The second kappa shape index (κ2) is 5.95. The van der Waals surface area contributed by atoms with Gasteiger partial charge in [0.2, 0.25) is 0 Å². The van der Waals surface area contributed by atoms with Crippen molar-refractivity contribution in [2.24, 2.45) is 0 Å². The number of fused-ring (bicyclic) bond motifs is 5. The van der Waals surface area contributed by atoms with E-state index in [4.69, 9.17) is 4.74 Å². The smallest absolute Gasteiger partial charge is 0.336 e. The van der Waals surface area contributed by atoms with Crippen LogP contribution >= 0.6 is 11.3 Å². The van der Waals surface area contributed by atoms with Gasteiger partial charge in [0.15, 0.2) is 5.54 Å². The van der Waals surface area contributed by atoms with Gasteiger partial charge in [-0.2, -0.15) is 0 Å². The summed E-state index contributed by atoms with van der Waals surface area (Å²) in [4.78, 5) is 34.3. The molecule has 4 heterocycles. The van der Waals surface area contributed by atoms with Crippen molar-refractivity contribution in [1.29, 1.82) is 0 Å². The highest BCUT2D eigenvalue weighted by Crippen LogP contribution is 2.51. The summed E-state index contributed by atoms with van der Waals surface area (Å²) >= 11 is 1.71. The van der Waals surface area contributed by atoms with E-state index >= 15 is 0 Å². The zero-order valence-electron chi connectivity index (χ0n) is 16.7. The van der Waals surface area contributed by atoms with Gasteiger partial charge in [-0.15, -0.1) is 11.3 Å². The molecular formula is C24H20N2O3S. The van der Waals surface area contributed by atoms with Gasteiger partial charge >= 0.3 is 5.97 Å². The van der Waals surface area contributed by atoms with E-state index in [0.717, 1.165) is 43.8 Å². The number of rotatable bonds is 2. The van der Waals surface area contributed by atoms with Gasteiger partial charge in [0.1, 0.15) is 0 Å². The number of hydrogen-bond acceptors (Lipinski definition) is 4. The monoisotopic (exact) mass is 416 g/mol. The Morgan fingerprint density at radius 3 is 2.83 bits per heavy atom. The first-order chi connectivity index (χ1) is 14.5. The number of benzene rings is 1. The Balaban J connectivity index is 1.54. The zero-order valence-corrected chi connectivity index (χ0v) is 17.6. The lowest BCUT2D eigenvalue weighted by Crippen LogP contribution is -2.62. The molecular weight excluding hydrogens is 396 g/mol. The minimum Gasteiger partial charge on any atom is -0.467 e. The molecule has 5 nitrogen and oxygen atoms in total. The maximum Gasteiger partial charge on any atom is 0.336 e. The SMILES string of the molecule is COC(=O)C12C=C3CC(c4ccc(C)s4)=C3C(=O)N1Cc1[nH]c3ccccc3c1C2. The number of carbonyl (C=O) groups excluding carboxylic acids is 2. The molecule has 6 rings (SSSR count). The normalized spacial score (nSPS) is 22.3. The molecule has 2 aliphatic heterocycles. The number of H-pyrrole nitrogens is 1. The number of thiophene rings is 1. The molecule has 0 saturated carbocycles. The first-order valence-electron chi connectivity index (χ1n) is 10.0. The molecule has 1 aromatic carbocycles. The molecule has 2 aromatic heterocycles. The molecule has 1 unspecified atom stereocenters. The molecule has 1 N–H and O–H groups in total. The highest BCUT2D eigenvalue weighted by molar-refractivity contribution is 7.13. The predicted molar refractivity (Wildman–Crippen MR) is 116 cm³/mol. The number of aromatic nitrogens is 1. The largest absolute Gasteiger partial charge is 0.467 e. The molecule has 1 amide bonds. The summed E-state index contributed by atoms with van der Waals surface area (Å²) in [6, 6.07) is 12.2. The van der Waals surface area contributed by atoms with Gasteiger partial charge in [0.05, 0.1) is 13.7 Å². The minimum absolute atomic E-state index is 0.0745. The van der Waals surface area contributed by atoms with Gasteiger partial charge in [-0.05, 0) is 47.9 Å². The zero-order chi connectivity index (χ0) is 20.6. The van der Waals surface area contributed by atoms with Crippen LogP contribution in [0.25, 0.3) is 16.5 Å². The topological polar surface area (TPSA) is 62.4 Å². The molecule has 1 aliphatic carbocycles. The number of nitrogens with zero attached hydrogens (tertiary/aromatic N) is 1. The van der Waals surface area contributed by atoms with E-state index in [1.807, 2.05) is 24.3 Å². The number of nitrogens with one attached hydrogen (secondary N) is 1. The first kappa shape index (κ1) is 17.7. The van der Waals surface area contributed by atoms with Crippen LogP contribution in [-0.4, -0.2) is 34.4 Å². The van der Waals surface area contributed by atoms with Crippen LogP contribution in [0.3, 0.4) is 0 Å². The van der Waals surface area contributed by atoms with Gasteiger partial charge < -0.3 is 14.6 Å². The number of allylic oxidation sites excluding steroid dienone is 1. The maximum absolute atomic E-state index is 13.7. The molecule has 0 bridgehead atoms. The quantitative estimate of drug-likeness (QED) is 0.639. The summed E-state index contributed by atoms with van der Waals surface area (Å²) in [6.07, 6.45) is 3.13. The van der Waals surface area contributed by atoms with Crippen molar-refractivity contribution in [3.8, 4) is 0 Å². The van der Waals surface area contributed by atoms with Gasteiger partial charge in [-0.1, -0.05) is 18.2 Å². The van der Waals surface area contributed by atoms with E-state index in [-0.39, 0.29) is 11.9 Å². The molecule has 0 fully saturated rings. The molecule has 30 heavy (non-hydrogen) atoms. The highest BCUT2D eigenvalue weighted by atomic mass is 32.1. The van der Waals surface area contributed by atoms with E-state index in [1.165, 1.54) is 12.0 Å². The number of methoxy groups -OCH3 is 1. The molecule has 150 valence electrons. The van der Waals surface area contributed by atoms with Gasteiger partial charge in [0.25, 0.3) is 5.91 Å². The number of hydrogen-bond donors (Lipinski definition) is 1. The fourth-order valence-electron chi connectivity index (χ4n) is 5.13. The van der Waals surface area contributed by atoms with Crippen LogP contribution < -0.4 is 0 Å². The average molecular weight is 417 g/mol. The number of ether oxygens (including phenoxy) is 1. The maximum atomic E-state index is 13.7. The lowest BCUT2D eigenvalue weighted by molar-refractivity contribution is -0.159. The van der Waals surface area contributed by atoms with Crippen LogP contribution in [0.2, 0.25) is 0 Å². The molecule has 3 aliphatic rings. The molecule has 0 radical (unpaired) electrons. The van der Waals surface area contributed by atoms with Crippen molar-refractivity contribution in [1.82, 2.24) is 9.88 Å². The minimum atomic E-state index is -1.08.